The highest BCUT2D eigenvalue weighted by Crippen LogP contribution is 2.21. The van der Waals surface area contributed by atoms with Crippen LogP contribution in [-0.4, -0.2) is 63.1 Å². The second-order valence-electron chi connectivity index (χ2n) is 5.55. The zero-order valence-corrected chi connectivity index (χ0v) is 12.3. The Bertz CT molecular complexity index is 328. The summed E-state index contributed by atoms with van der Waals surface area (Å²) in [6.45, 7) is 8.02. The van der Waals surface area contributed by atoms with Crippen molar-refractivity contribution in [2.45, 2.75) is 39.3 Å². The van der Waals surface area contributed by atoms with E-state index in [-0.39, 0.29) is 18.6 Å². The zero-order chi connectivity index (χ0) is 13.9. The summed E-state index contributed by atoms with van der Waals surface area (Å²) in [5.74, 6) is 0.857. The van der Waals surface area contributed by atoms with Crippen molar-refractivity contribution in [1.82, 2.24) is 9.80 Å². The molecule has 1 unspecified atom stereocenters. The number of aliphatic carboxylic acids is 1. The third-order valence-corrected chi connectivity index (χ3v) is 4.14. The van der Waals surface area contributed by atoms with Crippen LogP contribution in [0, 0.1) is 0 Å². The lowest BCUT2D eigenvalue weighted by Gasteiger charge is -2.41. The van der Waals surface area contributed by atoms with Gasteiger partial charge in [0, 0.05) is 29.6 Å². The number of thioether (sulfide) groups is 1. The van der Waals surface area contributed by atoms with Crippen molar-refractivity contribution < 1.29 is 14.7 Å². The highest BCUT2D eigenvalue weighted by atomic mass is 32.2. The molecule has 0 spiro atoms. The average Bonchev–Trinajstić information content (AvgIpc) is 2.24. The first kappa shape index (κ1) is 15.1. The zero-order valence-electron chi connectivity index (χ0n) is 11.5. The van der Waals surface area contributed by atoms with Gasteiger partial charge in [-0.3, -0.25) is 4.79 Å². The molecule has 1 aliphatic rings. The molecule has 1 heterocycles. The quantitative estimate of drug-likeness (QED) is 0.833. The molecular formula is C12H22N2O3S. The van der Waals surface area contributed by atoms with Crippen LogP contribution in [0.2, 0.25) is 0 Å². The molecule has 0 aromatic carbocycles. The monoisotopic (exact) mass is 274 g/mol. The molecule has 5 nitrogen and oxygen atoms in total. The van der Waals surface area contributed by atoms with E-state index in [1.807, 2.05) is 39.5 Å². The average molecular weight is 274 g/mol. The second-order valence-corrected chi connectivity index (χ2v) is 6.70. The Morgan fingerprint density at radius 2 is 2.06 bits per heavy atom. The minimum Gasteiger partial charge on any atom is -0.480 e. The molecule has 1 atom stereocenters. The number of hydrogen-bond donors (Lipinski definition) is 1. The number of urea groups is 1. The summed E-state index contributed by atoms with van der Waals surface area (Å²) in [5.41, 5.74) is -0.486. The molecule has 1 saturated heterocycles. The molecule has 2 amide bonds. The highest BCUT2D eigenvalue weighted by Gasteiger charge is 2.34. The standard InChI is InChI=1S/C12H22N2O3S/c1-9-8-18-6-5-13(9)11(17)14(7-10(15)16)12(2,3)4/h9H,5-8H2,1-4H3,(H,15,16). The third-order valence-electron chi connectivity index (χ3n) is 2.95. The van der Waals surface area contributed by atoms with Gasteiger partial charge in [0.05, 0.1) is 0 Å². The lowest BCUT2D eigenvalue weighted by Crippen LogP contribution is -2.57. The van der Waals surface area contributed by atoms with Crippen LogP contribution in [0.4, 0.5) is 4.79 Å². The number of amides is 2. The molecular weight excluding hydrogens is 252 g/mol. The van der Waals surface area contributed by atoms with Crippen molar-refractivity contribution in [3.63, 3.8) is 0 Å². The van der Waals surface area contributed by atoms with Crippen molar-refractivity contribution in [2.24, 2.45) is 0 Å². The van der Waals surface area contributed by atoms with Gasteiger partial charge >= 0.3 is 12.0 Å². The molecule has 0 bridgehead atoms. The Morgan fingerprint density at radius 3 is 2.50 bits per heavy atom. The van der Waals surface area contributed by atoms with E-state index in [1.165, 1.54) is 4.90 Å². The van der Waals surface area contributed by atoms with Gasteiger partial charge in [-0.15, -0.1) is 0 Å². The molecule has 1 aliphatic heterocycles. The molecule has 104 valence electrons. The topological polar surface area (TPSA) is 60.9 Å². The van der Waals surface area contributed by atoms with Crippen LogP contribution >= 0.6 is 11.8 Å². The summed E-state index contributed by atoms with van der Waals surface area (Å²) in [7, 11) is 0. The van der Waals surface area contributed by atoms with Crippen LogP contribution in [0.5, 0.6) is 0 Å². The van der Waals surface area contributed by atoms with Gasteiger partial charge in [-0.1, -0.05) is 0 Å². The molecule has 1 rings (SSSR count). The van der Waals surface area contributed by atoms with Crippen LogP contribution in [0.3, 0.4) is 0 Å². The molecule has 6 heteroatoms. The Morgan fingerprint density at radius 1 is 1.44 bits per heavy atom. The highest BCUT2D eigenvalue weighted by molar-refractivity contribution is 7.99. The summed E-state index contributed by atoms with van der Waals surface area (Å²) >= 11 is 1.83. The van der Waals surface area contributed by atoms with Gasteiger partial charge in [0.2, 0.25) is 0 Å². The summed E-state index contributed by atoms with van der Waals surface area (Å²) in [4.78, 5) is 26.6. The number of carbonyl (C=O) groups is 2. The maximum absolute atomic E-state index is 12.5. The van der Waals surface area contributed by atoms with E-state index in [4.69, 9.17) is 5.11 Å². The van der Waals surface area contributed by atoms with Gasteiger partial charge < -0.3 is 14.9 Å². The van der Waals surface area contributed by atoms with Crippen molar-refractivity contribution in [2.75, 3.05) is 24.6 Å². The molecule has 0 aromatic heterocycles. The number of carboxylic acid groups (broad SMARTS) is 1. The molecule has 0 aromatic rings. The minimum atomic E-state index is -0.975. The molecule has 1 fully saturated rings. The molecule has 18 heavy (non-hydrogen) atoms. The Balaban J connectivity index is 2.84. The first-order chi connectivity index (χ1) is 8.23. The normalized spacial score (nSPS) is 20.7. The van der Waals surface area contributed by atoms with Gasteiger partial charge in [-0.2, -0.15) is 11.8 Å². The molecule has 0 radical (unpaired) electrons. The van der Waals surface area contributed by atoms with E-state index in [9.17, 15) is 9.59 Å². The number of rotatable bonds is 2. The predicted octanol–water partition coefficient (Wildman–Crippen LogP) is 1.73. The van der Waals surface area contributed by atoms with Crippen LogP contribution < -0.4 is 0 Å². The van der Waals surface area contributed by atoms with Crippen molar-refractivity contribution in [3.8, 4) is 0 Å². The summed E-state index contributed by atoms with van der Waals surface area (Å²) in [5, 5.41) is 8.94. The largest absolute Gasteiger partial charge is 0.480 e. The van der Waals surface area contributed by atoms with Gasteiger partial charge in [-0.05, 0) is 27.7 Å². The van der Waals surface area contributed by atoms with Crippen LogP contribution in [0.15, 0.2) is 0 Å². The van der Waals surface area contributed by atoms with Gasteiger partial charge in [-0.25, -0.2) is 4.79 Å². The third kappa shape index (κ3) is 3.80. The Labute approximate surface area is 113 Å². The Kier molecular flexibility index (Phi) is 4.90. The van der Waals surface area contributed by atoms with E-state index in [0.717, 1.165) is 11.5 Å². The van der Waals surface area contributed by atoms with E-state index in [1.54, 1.807) is 4.90 Å². The SMILES string of the molecule is CC1CSCCN1C(=O)N(CC(=O)O)C(C)(C)C. The fraction of sp³-hybridized carbons (Fsp3) is 0.833. The maximum Gasteiger partial charge on any atom is 0.323 e. The molecule has 0 saturated carbocycles. The van der Waals surface area contributed by atoms with Crippen molar-refractivity contribution in [3.05, 3.63) is 0 Å². The van der Waals surface area contributed by atoms with Gasteiger partial charge in [0.1, 0.15) is 6.54 Å². The second kappa shape index (κ2) is 5.82. The van der Waals surface area contributed by atoms with E-state index in [2.05, 4.69) is 0 Å². The van der Waals surface area contributed by atoms with E-state index < -0.39 is 11.5 Å². The number of carboxylic acids is 1. The predicted molar refractivity (Wildman–Crippen MR) is 73.0 cm³/mol. The van der Waals surface area contributed by atoms with E-state index >= 15 is 0 Å². The Hall–Kier alpha value is -0.910. The number of hydrogen-bond acceptors (Lipinski definition) is 3. The van der Waals surface area contributed by atoms with Crippen LogP contribution in [0.25, 0.3) is 0 Å². The fourth-order valence-corrected chi connectivity index (χ4v) is 2.91. The lowest BCUT2D eigenvalue weighted by atomic mass is 10.1. The van der Waals surface area contributed by atoms with Crippen molar-refractivity contribution >= 4 is 23.8 Å². The first-order valence-electron chi connectivity index (χ1n) is 6.11. The molecule has 0 aliphatic carbocycles. The van der Waals surface area contributed by atoms with Crippen LogP contribution in [-0.2, 0) is 4.79 Å². The molecule has 1 N–H and O–H groups in total. The van der Waals surface area contributed by atoms with Crippen LogP contribution in [0.1, 0.15) is 27.7 Å². The lowest BCUT2D eigenvalue weighted by molar-refractivity contribution is -0.138. The smallest absolute Gasteiger partial charge is 0.323 e. The van der Waals surface area contributed by atoms with Gasteiger partial charge in [0.15, 0.2) is 0 Å². The maximum atomic E-state index is 12.5. The fourth-order valence-electron chi connectivity index (χ4n) is 1.89. The number of carbonyl (C=O) groups excluding carboxylic acids is 1. The number of nitrogens with zero attached hydrogens (tertiary/aromatic N) is 2. The van der Waals surface area contributed by atoms with E-state index in [0.29, 0.717) is 6.54 Å². The van der Waals surface area contributed by atoms with Gasteiger partial charge in [0.25, 0.3) is 0 Å². The minimum absolute atomic E-state index is 0.162. The first-order valence-corrected chi connectivity index (χ1v) is 7.26. The van der Waals surface area contributed by atoms with Crippen molar-refractivity contribution in [1.29, 1.82) is 0 Å². The summed E-state index contributed by atoms with van der Waals surface area (Å²) < 4.78 is 0. The summed E-state index contributed by atoms with van der Waals surface area (Å²) in [6.07, 6.45) is 0. The summed E-state index contributed by atoms with van der Waals surface area (Å²) in [6, 6.07) is -0.00686.